The van der Waals surface area contributed by atoms with Crippen molar-refractivity contribution in [2.45, 2.75) is 33.2 Å². The van der Waals surface area contributed by atoms with Gasteiger partial charge in [0.1, 0.15) is 0 Å². The van der Waals surface area contributed by atoms with Gasteiger partial charge in [-0.3, -0.25) is 4.79 Å². The maximum atomic E-state index is 11.8. The van der Waals surface area contributed by atoms with Crippen LogP contribution in [-0.4, -0.2) is 32.6 Å². The van der Waals surface area contributed by atoms with Crippen molar-refractivity contribution in [3.8, 4) is 0 Å². The molecule has 5 heteroatoms. The molecule has 0 heterocycles. The lowest BCUT2D eigenvalue weighted by molar-refractivity contribution is -0.119. The highest BCUT2D eigenvalue weighted by molar-refractivity contribution is 9.10. The molecule has 0 bridgehead atoms. The molecule has 1 aromatic rings. The molecule has 0 aliphatic carbocycles. The van der Waals surface area contributed by atoms with Gasteiger partial charge in [0.2, 0.25) is 5.91 Å². The van der Waals surface area contributed by atoms with E-state index in [0.717, 1.165) is 42.6 Å². The number of hydrogen-bond donors (Lipinski definition) is 2. The number of likely N-dealkylation sites (N-methyl/N-ethyl adjacent to an activating group) is 1. The number of carbonyl (C=O) groups is 1. The van der Waals surface area contributed by atoms with Gasteiger partial charge in [-0.05, 0) is 43.1 Å². The number of amides is 1. The summed E-state index contributed by atoms with van der Waals surface area (Å²) in [4.78, 5) is 13.8. The van der Waals surface area contributed by atoms with Crippen LogP contribution in [0.15, 0.2) is 22.7 Å². The van der Waals surface area contributed by atoms with E-state index in [1.165, 1.54) is 5.56 Å². The van der Waals surface area contributed by atoms with Gasteiger partial charge in [0.05, 0.1) is 6.54 Å². The van der Waals surface area contributed by atoms with Crippen LogP contribution in [0.4, 0.5) is 5.69 Å². The van der Waals surface area contributed by atoms with Gasteiger partial charge in [-0.2, -0.15) is 0 Å². The zero-order valence-electron chi connectivity index (χ0n) is 13.2. The number of nitrogens with zero attached hydrogens (tertiary/aromatic N) is 1. The summed E-state index contributed by atoms with van der Waals surface area (Å²) in [6.07, 6.45) is 2.07. The fourth-order valence-electron chi connectivity index (χ4n) is 2.09. The molecular weight excluding hydrogens is 330 g/mol. The summed E-state index contributed by atoms with van der Waals surface area (Å²) in [5, 5.41) is 6.32. The van der Waals surface area contributed by atoms with Crippen molar-refractivity contribution in [2.75, 3.05) is 31.6 Å². The normalized spacial score (nSPS) is 10.5. The van der Waals surface area contributed by atoms with Crippen LogP contribution in [0.2, 0.25) is 0 Å². The summed E-state index contributed by atoms with van der Waals surface area (Å²) in [5.74, 6) is 0.0646. The Balaban J connectivity index is 2.72. The average molecular weight is 356 g/mol. The Kier molecular flexibility index (Phi) is 8.38. The van der Waals surface area contributed by atoms with Gasteiger partial charge in [0.25, 0.3) is 0 Å². The van der Waals surface area contributed by atoms with E-state index in [1.807, 2.05) is 18.0 Å². The predicted molar refractivity (Wildman–Crippen MR) is 92.7 cm³/mol. The standard InChI is InChI=1S/C16H26BrN3O/c1-4-8-18-11-13-10-14(17)6-7-15(13)20(3)12-16(21)19-9-5-2/h6-7,10,18H,4-5,8-9,11-12H2,1-3H3,(H,19,21). The molecule has 0 saturated heterocycles. The molecule has 0 aliphatic heterocycles. The maximum Gasteiger partial charge on any atom is 0.239 e. The number of halogens is 1. The number of rotatable bonds is 9. The SMILES string of the molecule is CCCNCc1cc(Br)ccc1N(C)CC(=O)NCCC. The average Bonchev–Trinajstić information content (AvgIpc) is 2.45. The van der Waals surface area contributed by atoms with Crippen LogP contribution in [0.1, 0.15) is 32.3 Å². The zero-order chi connectivity index (χ0) is 15.7. The van der Waals surface area contributed by atoms with Gasteiger partial charge < -0.3 is 15.5 Å². The molecule has 0 unspecified atom stereocenters. The highest BCUT2D eigenvalue weighted by Gasteiger charge is 2.11. The second-order valence-corrected chi connectivity index (χ2v) is 6.07. The smallest absolute Gasteiger partial charge is 0.239 e. The Bertz CT molecular complexity index is 451. The van der Waals surface area contributed by atoms with E-state index in [4.69, 9.17) is 0 Å². The molecule has 0 aromatic heterocycles. The summed E-state index contributed by atoms with van der Waals surface area (Å²) in [7, 11) is 1.96. The second kappa shape index (κ2) is 9.79. The summed E-state index contributed by atoms with van der Waals surface area (Å²) in [6.45, 7) is 7.12. The summed E-state index contributed by atoms with van der Waals surface area (Å²) in [6, 6.07) is 6.18. The van der Waals surface area contributed by atoms with E-state index in [1.54, 1.807) is 0 Å². The molecule has 118 valence electrons. The highest BCUT2D eigenvalue weighted by Crippen LogP contribution is 2.23. The van der Waals surface area contributed by atoms with E-state index in [2.05, 4.69) is 52.5 Å². The Hall–Kier alpha value is -1.07. The fraction of sp³-hybridized carbons (Fsp3) is 0.562. The molecule has 0 spiro atoms. The number of benzene rings is 1. The van der Waals surface area contributed by atoms with Crippen molar-refractivity contribution in [2.24, 2.45) is 0 Å². The van der Waals surface area contributed by atoms with E-state index >= 15 is 0 Å². The van der Waals surface area contributed by atoms with Crippen molar-refractivity contribution in [3.05, 3.63) is 28.2 Å². The Morgan fingerprint density at radius 3 is 2.62 bits per heavy atom. The van der Waals surface area contributed by atoms with Gasteiger partial charge in [0.15, 0.2) is 0 Å². The molecular formula is C16H26BrN3O. The van der Waals surface area contributed by atoms with Gasteiger partial charge in [0, 0.05) is 30.3 Å². The lowest BCUT2D eigenvalue weighted by Crippen LogP contribution is -2.36. The molecule has 0 atom stereocenters. The molecule has 21 heavy (non-hydrogen) atoms. The minimum atomic E-state index is 0.0646. The molecule has 0 aliphatic rings. The van der Waals surface area contributed by atoms with E-state index < -0.39 is 0 Å². The first-order valence-corrected chi connectivity index (χ1v) is 8.34. The van der Waals surface area contributed by atoms with Crippen molar-refractivity contribution >= 4 is 27.5 Å². The van der Waals surface area contributed by atoms with Crippen molar-refractivity contribution in [1.29, 1.82) is 0 Å². The second-order valence-electron chi connectivity index (χ2n) is 5.16. The molecule has 1 amide bonds. The minimum Gasteiger partial charge on any atom is -0.365 e. The Labute approximate surface area is 136 Å². The van der Waals surface area contributed by atoms with Crippen LogP contribution >= 0.6 is 15.9 Å². The van der Waals surface area contributed by atoms with Crippen molar-refractivity contribution < 1.29 is 4.79 Å². The molecule has 0 radical (unpaired) electrons. The minimum absolute atomic E-state index is 0.0646. The summed E-state index contributed by atoms with van der Waals surface area (Å²) in [5.41, 5.74) is 2.29. The van der Waals surface area contributed by atoms with Crippen LogP contribution < -0.4 is 15.5 Å². The molecule has 0 fully saturated rings. The van der Waals surface area contributed by atoms with Crippen LogP contribution in [0.3, 0.4) is 0 Å². The number of carbonyl (C=O) groups excluding carboxylic acids is 1. The number of anilines is 1. The third kappa shape index (κ3) is 6.48. The van der Waals surface area contributed by atoms with Gasteiger partial charge in [-0.25, -0.2) is 0 Å². The monoisotopic (exact) mass is 355 g/mol. The van der Waals surface area contributed by atoms with Gasteiger partial charge in [-0.15, -0.1) is 0 Å². The highest BCUT2D eigenvalue weighted by atomic mass is 79.9. The van der Waals surface area contributed by atoms with Gasteiger partial charge >= 0.3 is 0 Å². The summed E-state index contributed by atoms with van der Waals surface area (Å²) < 4.78 is 1.06. The first-order valence-electron chi connectivity index (χ1n) is 7.55. The summed E-state index contributed by atoms with van der Waals surface area (Å²) >= 11 is 3.51. The lowest BCUT2D eigenvalue weighted by Gasteiger charge is -2.22. The first kappa shape index (κ1) is 18.0. The van der Waals surface area contributed by atoms with E-state index in [9.17, 15) is 4.79 Å². The zero-order valence-corrected chi connectivity index (χ0v) is 14.8. The van der Waals surface area contributed by atoms with Crippen LogP contribution in [0, 0.1) is 0 Å². The lowest BCUT2D eigenvalue weighted by atomic mass is 10.1. The molecule has 0 saturated carbocycles. The van der Waals surface area contributed by atoms with Crippen molar-refractivity contribution in [1.82, 2.24) is 10.6 Å². The van der Waals surface area contributed by atoms with Crippen molar-refractivity contribution in [3.63, 3.8) is 0 Å². The first-order chi connectivity index (χ1) is 10.1. The third-order valence-corrected chi connectivity index (χ3v) is 3.64. The molecule has 1 aromatic carbocycles. The topological polar surface area (TPSA) is 44.4 Å². The van der Waals surface area contributed by atoms with E-state index in [-0.39, 0.29) is 5.91 Å². The number of hydrogen-bond acceptors (Lipinski definition) is 3. The predicted octanol–water partition coefficient (Wildman–Crippen LogP) is 2.91. The largest absolute Gasteiger partial charge is 0.365 e. The van der Waals surface area contributed by atoms with E-state index in [0.29, 0.717) is 6.54 Å². The quantitative estimate of drug-likeness (QED) is 0.669. The van der Waals surface area contributed by atoms with Crippen LogP contribution in [-0.2, 0) is 11.3 Å². The molecule has 4 nitrogen and oxygen atoms in total. The Morgan fingerprint density at radius 1 is 1.24 bits per heavy atom. The van der Waals surface area contributed by atoms with Gasteiger partial charge in [-0.1, -0.05) is 29.8 Å². The molecule has 2 N–H and O–H groups in total. The number of nitrogens with one attached hydrogen (secondary N) is 2. The fourth-order valence-corrected chi connectivity index (χ4v) is 2.50. The third-order valence-electron chi connectivity index (χ3n) is 3.15. The van der Waals surface area contributed by atoms with Crippen LogP contribution in [0.25, 0.3) is 0 Å². The molecule has 1 rings (SSSR count). The maximum absolute atomic E-state index is 11.8. The Morgan fingerprint density at radius 2 is 1.95 bits per heavy atom. The van der Waals surface area contributed by atoms with Crippen LogP contribution in [0.5, 0.6) is 0 Å².